The number of aromatic nitrogens is 2. The van der Waals surface area contributed by atoms with Crippen molar-refractivity contribution in [2.75, 3.05) is 11.9 Å². The molecule has 2 heterocycles. The molecule has 7 nitrogen and oxygen atoms in total. The molecule has 0 radical (unpaired) electrons. The second kappa shape index (κ2) is 8.95. The van der Waals surface area contributed by atoms with E-state index in [-0.39, 0.29) is 16.4 Å². The monoisotopic (exact) mass is 436 g/mol. The number of benzene rings is 2. The van der Waals surface area contributed by atoms with Gasteiger partial charge < -0.3 is 5.32 Å². The molecular weight excluding hydrogens is 412 g/mol. The van der Waals surface area contributed by atoms with Gasteiger partial charge in [0.2, 0.25) is 10.0 Å². The Labute approximate surface area is 182 Å². The first-order chi connectivity index (χ1) is 15.0. The third-order valence-electron chi connectivity index (χ3n) is 5.33. The van der Waals surface area contributed by atoms with Gasteiger partial charge in [-0.25, -0.2) is 18.4 Å². The standard InChI is InChI=1S/C23H24N4O3S/c1-17-24-16-20(23(28)26-18-10-4-2-5-11-18)22(25-17)21-14-8-9-15-27(21)31(29,30)19-12-6-3-7-13-19/h2-7,10-13,16,21H,8-9,14-15H2,1H3,(H,26,28)/t21-/m0/s1. The van der Waals surface area contributed by atoms with Crippen molar-refractivity contribution in [2.24, 2.45) is 0 Å². The third kappa shape index (κ3) is 4.50. The smallest absolute Gasteiger partial charge is 0.259 e. The second-order valence-electron chi connectivity index (χ2n) is 7.48. The molecule has 2 aromatic carbocycles. The van der Waals surface area contributed by atoms with Gasteiger partial charge in [0.05, 0.1) is 22.2 Å². The summed E-state index contributed by atoms with van der Waals surface area (Å²) in [7, 11) is -3.73. The normalized spacial score (nSPS) is 17.3. The van der Waals surface area contributed by atoms with Crippen LogP contribution < -0.4 is 5.32 Å². The van der Waals surface area contributed by atoms with Crippen LogP contribution in [0.25, 0.3) is 0 Å². The zero-order valence-corrected chi connectivity index (χ0v) is 18.0. The number of aryl methyl sites for hydroxylation is 1. The number of sulfonamides is 1. The van der Waals surface area contributed by atoms with Gasteiger partial charge in [-0.3, -0.25) is 4.79 Å². The molecule has 0 aliphatic carbocycles. The molecule has 31 heavy (non-hydrogen) atoms. The zero-order valence-electron chi connectivity index (χ0n) is 17.2. The van der Waals surface area contributed by atoms with Crippen molar-refractivity contribution in [2.45, 2.75) is 37.1 Å². The Morgan fingerprint density at radius 2 is 1.71 bits per heavy atom. The van der Waals surface area contributed by atoms with E-state index in [0.29, 0.717) is 30.2 Å². The van der Waals surface area contributed by atoms with E-state index < -0.39 is 16.1 Å². The minimum absolute atomic E-state index is 0.239. The van der Waals surface area contributed by atoms with E-state index in [2.05, 4.69) is 15.3 Å². The van der Waals surface area contributed by atoms with Crippen molar-refractivity contribution >= 4 is 21.6 Å². The van der Waals surface area contributed by atoms with Gasteiger partial charge in [-0.05, 0) is 44.0 Å². The quantitative estimate of drug-likeness (QED) is 0.654. The Kier molecular flexibility index (Phi) is 6.11. The lowest BCUT2D eigenvalue weighted by atomic mass is 9.98. The van der Waals surface area contributed by atoms with Gasteiger partial charge in [-0.2, -0.15) is 4.31 Å². The molecule has 0 spiro atoms. The van der Waals surface area contributed by atoms with Gasteiger partial charge in [0.15, 0.2) is 0 Å². The van der Waals surface area contributed by atoms with Crippen molar-refractivity contribution < 1.29 is 13.2 Å². The average Bonchev–Trinajstić information content (AvgIpc) is 2.80. The Balaban J connectivity index is 1.73. The zero-order chi connectivity index (χ0) is 21.8. The van der Waals surface area contributed by atoms with Crippen LogP contribution in [0.2, 0.25) is 0 Å². The fourth-order valence-corrected chi connectivity index (χ4v) is 5.51. The first kappa shape index (κ1) is 21.1. The highest BCUT2D eigenvalue weighted by molar-refractivity contribution is 7.89. The number of carbonyl (C=O) groups excluding carboxylic acids is 1. The largest absolute Gasteiger partial charge is 0.322 e. The van der Waals surface area contributed by atoms with E-state index in [0.717, 1.165) is 12.8 Å². The van der Waals surface area contributed by atoms with Gasteiger partial charge in [0.25, 0.3) is 5.91 Å². The Hall–Kier alpha value is -3.10. The molecule has 8 heteroatoms. The number of nitrogens with one attached hydrogen (secondary N) is 1. The SMILES string of the molecule is Cc1ncc(C(=O)Nc2ccccc2)c([C@@H]2CCCCN2S(=O)(=O)c2ccccc2)n1. The number of hydrogen-bond acceptors (Lipinski definition) is 5. The van der Waals surface area contributed by atoms with Crippen LogP contribution in [0.3, 0.4) is 0 Å². The summed E-state index contributed by atoms with van der Waals surface area (Å²) in [6.45, 7) is 2.12. The van der Waals surface area contributed by atoms with Crippen LogP contribution in [0.15, 0.2) is 71.8 Å². The molecule has 4 rings (SSSR count). The summed E-state index contributed by atoms with van der Waals surface area (Å²) >= 11 is 0. The molecule has 3 aromatic rings. The molecule has 160 valence electrons. The number of rotatable bonds is 5. The number of carbonyl (C=O) groups is 1. The predicted octanol–water partition coefficient (Wildman–Crippen LogP) is 3.95. The van der Waals surface area contributed by atoms with Gasteiger partial charge >= 0.3 is 0 Å². The average molecular weight is 437 g/mol. The Morgan fingerprint density at radius 1 is 1.03 bits per heavy atom. The van der Waals surface area contributed by atoms with Crippen LogP contribution in [0, 0.1) is 6.92 Å². The Bertz CT molecular complexity index is 1170. The molecule has 0 saturated carbocycles. The minimum Gasteiger partial charge on any atom is -0.322 e. The van der Waals surface area contributed by atoms with Gasteiger partial charge in [0.1, 0.15) is 5.82 Å². The van der Waals surface area contributed by atoms with Crippen molar-refractivity contribution in [3.63, 3.8) is 0 Å². The van der Waals surface area contributed by atoms with Gasteiger partial charge in [0, 0.05) is 18.4 Å². The van der Waals surface area contributed by atoms with E-state index in [9.17, 15) is 13.2 Å². The molecular formula is C23H24N4O3S. The summed E-state index contributed by atoms with van der Waals surface area (Å²) in [6.07, 6.45) is 3.69. The van der Waals surface area contributed by atoms with E-state index in [4.69, 9.17) is 0 Å². The van der Waals surface area contributed by atoms with E-state index in [1.807, 2.05) is 18.2 Å². The topological polar surface area (TPSA) is 92.3 Å². The molecule has 1 fully saturated rings. The molecule has 1 amide bonds. The number of hydrogen-bond donors (Lipinski definition) is 1. The first-order valence-corrected chi connectivity index (χ1v) is 11.7. The maximum Gasteiger partial charge on any atom is 0.259 e. The molecule has 1 saturated heterocycles. The third-order valence-corrected chi connectivity index (χ3v) is 7.26. The summed E-state index contributed by atoms with van der Waals surface area (Å²) in [5.74, 6) is 0.137. The van der Waals surface area contributed by atoms with E-state index >= 15 is 0 Å². The van der Waals surface area contributed by atoms with Crippen LogP contribution in [0.1, 0.15) is 47.2 Å². The van der Waals surface area contributed by atoms with Crippen LogP contribution >= 0.6 is 0 Å². The molecule has 1 aromatic heterocycles. The van der Waals surface area contributed by atoms with Gasteiger partial charge in [-0.15, -0.1) is 0 Å². The van der Waals surface area contributed by atoms with Crippen molar-refractivity contribution in [3.8, 4) is 0 Å². The van der Waals surface area contributed by atoms with E-state index in [1.54, 1.807) is 49.4 Å². The highest BCUT2D eigenvalue weighted by Gasteiger charge is 2.37. The lowest BCUT2D eigenvalue weighted by molar-refractivity contribution is 0.102. The summed E-state index contributed by atoms with van der Waals surface area (Å²) in [4.78, 5) is 22.0. The maximum absolute atomic E-state index is 13.4. The number of anilines is 1. The highest BCUT2D eigenvalue weighted by atomic mass is 32.2. The number of nitrogens with zero attached hydrogens (tertiary/aromatic N) is 3. The fourth-order valence-electron chi connectivity index (χ4n) is 3.83. The molecule has 1 aliphatic heterocycles. The van der Waals surface area contributed by atoms with Crippen LogP contribution in [-0.2, 0) is 10.0 Å². The lowest BCUT2D eigenvalue weighted by Crippen LogP contribution is -2.39. The van der Waals surface area contributed by atoms with Crippen LogP contribution in [0.5, 0.6) is 0 Å². The van der Waals surface area contributed by atoms with Crippen molar-refractivity contribution in [3.05, 3.63) is 83.9 Å². The van der Waals surface area contributed by atoms with Crippen LogP contribution in [0.4, 0.5) is 5.69 Å². The summed E-state index contributed by atoms with van der Waals surface area (Å²) in [5.41, 5.74) is 1.38. The number of amides is 1. The summed E-state index contributed by atoms with van der Waals surface area (Å²) < 4.78 is 28.3. The minimum atomic E-state index is -3.73. The lowest BCUT2D eigenvalue weighted by Gasteiger charge is -2.35. The number of para-hydroxylation sites is 1. The van der Waals surface area contributed by atoms with E-state index in [1.165, 1.54) is 10.5 Å². The molecule has 1 N–H and O–H groups in total. The predicted molar refractivity (Wildman–Crippen MR) is 118 cm³/mol. The summed E-state index contributed by atoms with van der Waals surface area (Å²) in [5, 5.41) is 2.86. The molecule has 0 bridgehead atoms. The summed E-state index contributed by atoms with van der Waals surface area (Å²) in [6, 6.07) is 17.0. The van der Waals surface area contributed by atoms with Crippen molar-refractivity contribution in [1.82, 2.24) is 14.3 Å². The first-order valence-electron chi connectivity index (χ1n) is 10.2. The van der Waals surface area contributed by atoms with Crippen molar-refractivity contribution in [1.29, 1.82) is 0 Å². The molecule has 0 unspecified atom stereocenters. The Morgan fingerprint density at radius 3 is 2.42 bits per heavy atom. The molecule has 1 atom stereocenters. The maximum atomic E-state index is 13.4. The fraction of sp³-hybridized carbons (Fsp3) is 0.261. The molecule has 1 aliphatic rings. The second-order valence-corrected chi connectivity index (χ2v) is 9.37. The highest BCUT2D eigenvalue weighted by Crippen LogP contribution is 2.36. The number of piperidine rings is 1. The van der Waals surface area contributed by atoms with Gasteiger partial charge in [-0.1, -0.05) is 42.8 Å². The van der Waals surface area contributed by atoms with Crippen LogP contribution in [-0.4, -0.2) is 35.1 Å².